The molecule has 0 aromatic carbocycles. The van der Waals surface area contributed by atoms with E-state index in [9.17, 15) is 0 Å². The third-order valence-electron chi connectivity index (χ3n) is 4.20. The molecule has 1 aliphatic rings. The van der Waals surface area contributed by atoms with Gasteiger partial charge in [-0.05, 0) is 0 Å². The molecule has 1 aliphatic carbocycles. The summed E-state index contributed by atoms with van der Waals surface area (Å²) in [6.45, 7) is 18.6. The number of rotatable bonds is 3. The summed E-state index contributed by atoms with van der Waals surface area (Å²) in [5.41, 5.74) is 3.76. The van der Waals surface area contributed by atoms with Gasteiger partial charge in [-0.2, -0.15) is 0 Å². The zero-order valence-corrected chi connectivity index (χ0v) is 14.7. The molecule has 1 nitrogen and oxygen atoms in total. The van der Waals surface area contributed by atoms with Crippen molar-refractivity contribution in [3.8, 4) is 0 Å². The Kier molecular flexibility index (Phi) is 3.90. The molecule has 1 atom stereocenters. The summed E-state index contributed by atoms with van der Waals surface area (Å²) in [4.78, 5) is 2.53. The molecule has 0 amide bonds. The van der Waals surface area contributed by atoms with Crippen molar-refractivity contribution in [2.45, 2.75) is 48.5 Å². The fourth-order valence-electron chi connectivity index (χ4n) is 2.69. The molecule has 0 aromatic heterocycles. The SMILES string of the molecule is CCN(CC)C1=C(C)[C](=[W])C1(C)C(C)(C)C. The Hall–Kier alpha value is 0.0983. The molecule has 0 N–H and O–H groups in total. The van der Waals surface area contributed by atoms with Gasteiger partial charge in [0.1, 0.15) is 0 Å². The molecule has 0 bridgehead atoms. The molecule has 0 spiro atoms. The van der Waals surface area contributed by atoms with E-state index >= 15 is 0 Å². The zero-order chi connectivity index (χ0) is 12.7. The van der Waals surface area contributed by atoms with Crippen LogP contribution in [-0.4, -0.2) is 21.9 Å². The molecular weight excluding hydrogens is 366 g/mol. The van der Waals surface area contributed by atoms with E-state index in [-0.39, 0.29) is 0 Å². The summed E-state index contributed by atoms with van der Waals surface area (Å²) in [7, 11) is 0. The van der Waals surface area contributed by atoms with Crippen LogP contribution in [0.15, 0.2) is 11.3 Å². The van der Waals surface area contributed by atoms with Crippen LogP contribution in [0.3, 0.4) is 0 Å². The van der Waals surface area contributed by atoms with E-state index in [0.29, 0.717) is 10.8 Å². The fraction of sp³-hybridized carbons (Fsp3) is 0.786. The summed E-state index contributed by atoms with van der Waals surface area (Å²) >= 11 is 1.64. The van der Waals surface area contributed by atoms with Crippen molar-refractivity contribution in [3.05, 3.63) is 11.3 Å². The third kappa shape index (κ3) is 1.76. The van der Waals surface area contributed by atoms with Crippen LogP contribution in [0.25, 0.3) is 0 Å². The summed E-state index contributed by atoms with van der Waals surface area (Å²) in [6, 6.07) is 0. The van der Waals surface area contributed by atoms with Gasteiger partial charge >= 0.3 is 112 Å². The Morgan fingerprint density at radius 2 is 1.62 bits per heavy atom. The van der Waals surface area contributed by atoms with Crippen molar-refractivity contribution in [1.29, 1.82) is 0 Å². The first kappa shape index (κ1) is 14.2. The molecule has 92 valence electrons. The Morgan fingerprint density at radius 1 is 1.19 bits per heavy atom. The molecule has 0 fully saturated rings. The summed E-state index contributed by atoms with van der Waals surface area (Å²) in [5, 5.41) is 0. The quantitative estimate of drug-likeness (QED) is 0.713. The molecule has 1 rings (SSSR count). The van der Waals surface area contributed by atoms with Crippen molar-refractivity contribution in [2.24, 2.45) is 10.8 Å². The van der Waals surface area contributed by atoms with Crippen molar-refractivity contribution in [2.75, 3.05) is 13.1 Å². The molecular formula is C14H25NW. The van der Waals surface area contributed by atoms with Gasteiger partial charge < -0.3 is 0 Å². The second-order valence-corrected chi connectivity index (χ2v) is 7.32. The molecule has 0 saturated heterocycles. The van der Waals surface area contributed by atoms with Gasteiger partial charge in [0.25, 0.3) is 0 Å². The van der Waals surface area contributed by atoms with E-state index in [1.165, 1.54) is 0 Å². The van der Waals surface area contributed by atoms with Crippen LogP contribution in [0.4, 0.5) is 0 Å². The number of hydrogen-bond acceptors (Lipinski definition) is 1. The number of nitrogens with zero attached hydrogens (tertiary/aromatic N) is 1. The minimum absolute atomic E-state index is 0.290. The maximum absolute atomic E-state index is 2.53. The Labute approximate surface area is 112 Å². The van der Waals surface area contributed by atoms with Crippen LogP contribution in [-0.2, 0) is 19.4 Å². The van der Waals surface area contributed by atoms with Crippen molar-refractivity contribution in [3.63, 3.8) is 0 Å². The van der Waals surface area contributed by atoms with E-state index in [1.807, 2.05) is 0 Å². The standard InChI is InChI=1S/C14H25N.W/c1-8-15(9-2)12-11(3)10-14(12,7)13(4,5)6;/h8-9H2,1-7H3;. The van der Waals surface area contributed by atoms with Crippen LogP contribution >= 0.6 is 0 Å². The average Bonchev–Trinajstić information content (AvgIpc) is 2.22. The van der Waals surface area contributed by atoms with Crippen LogP contribution in [0.2, 0.25) is 0 Å². The Morgan fingerprint density at radius 3 is 1.94 bits per heavy atom. The fourth-order valence-corrected chi connectivity index (χ4v) is 4.49. The van der Waals surface area contributed by atoms with Crippen molar-refractivity contribution in [1.82, 2.24) is 4.90 Å². The predicted molar refractivity (Wildman–Crippen MR) is 68.2 cm³/mol. The summed E-state index contributed by atoms with van der Waals surface area (Å²) in [5.74, 6) is 0. The van der Waals surface area contributed by atoms with Gasteiger partial charge in [-0.15, -0.1) is 0 Å². The van der Waals surface area contributed by atoms with Gasteiger partial charge in [0.2, 0.25) is 0 Å². The summed E-state index contributed by atoms with van der Waals surface area (Å²) in [6.07, 6.45) is 0. The molecule has 0 aromatic rings. The Balaban J connectivity index is 3.22. The van der Waals surface area contributed by atoms with Crippen molar-refractivity contribution < 1.29 is 19.4 Å². The van der Waals surface area contributed by atoms with Gasteiger partial charge in [-0.25, -0.2) is 0 Å². The van der Waals surface area contributed by atoms with Crippen molar-refractivity contribution >= 4 is 3.90 Å². The molecule has 16 heavy (non-hydrogen) atoms. The number of allylic oxidation sites excluding steroid dienone is 2. The Bertz CT molecular complexity index is 331. The van der Waals surface area contributed by atoms with E-state index in [2.05, 4.69) is 53.4 Å². The molecule has 2 heteroatoms. The predicted octanol–water partition coefficient (Wildman–Crippen LogP) is 3.39. The van der Waals surface area contributed by atoms with Crippen LogP contribution in [0.1, 0.15) is 48.5 Å². The van der Waals surface area contributed by atoms with Gasteiger partial charge in [-0.1, -0.05) is 0 Å². The van der Waals surface area contributed by atoms with Gasteiger partial charge in [0, 0.05) is 0 Å². The first-order chi connectivity index (χ1) is 7.21. The first-order valence-electron chi connectivity index (χ1n) is 6.22. The van der Waals surface area contributed by atoms with Crippen LogP contribution < -0.4 is 0 Å². The molecule has 0 saturated carbocycles. The summed E-state index contributed by atoms with van der Waals surface area (Å²) < 4.78 is 1.65. The van der Waals surface area contributed by atoms with E-state index in [4.69, 9.17) is 0 Å². The third-order valence-corrected chi connectivity index (χ3v) is 6.77. The zero-order valence-electron chi connectivity index (χ0n) is 11.8. The number of hydrogen-bond donors (Lipinski definition) is 0. The molecule has 0 radical (unpaired) electrons. The monoisotopic (exact) mass is 391 g/mol. The molecule has 1 unspecified atom stereocenters. The van der Waals surface area contributed by atoms with Gasteiger partial charge in [0.05, 0.1) is 0 Å². The second-order valence-electron chi connectivity index (χ2n) is 5.85. The van der Waals surface area contributed by atoms with E-state index in [0.717, 1.165) is 13.1 Å². The van der Waals surface area contributed by atoms with Gasteiger partial charge in [0.15, 0.2) is 0 Å². The topological polar surface area (TPSA) is 3.24 Å². The molecule has 0 aliphatic heterocycles. The first-order valence-corrected chi connectivity index (χ1v) is 7.69. The minimum atomic E-state index is 0.290. The van der Waals surface area contributed by atoms with Gasteiger partial charge in [-0.3, -0.25) is 0 Å². The average molecular weight is 391 g/mol. The maximum atomic E-state index is 2.53. The molecule has 0 heterocycles. The van der Waals surface area contributed by atoms with E-state index in [1.54, 1.807) is 34.5 Å². The second kappa shape index (κ2) is 4.41. The van der Waals surface area contributed by atoms with Crippen LogP contribution in [0.5, 0.6) is 0 Å². The van der Waals surface area contributed by atoms with E-state index < -0.39 is 0 Å². The van der Waals surface area contributed by atoms with Crippen LogP contribution in [0, 0.1) is 10.8 Å². The normalized spacial score (nSPS) is 25.8.